The fourth-order valence-electron chi connectivity index (χ4n) is 2.18. The Morgan fingerprint density at radius 1 is 1.53 bits per heavy atom. The summed E-state index contributed by atoms with van der Waals surface area (Å²) in [7, 11) is 1.60. The lowest BCUT2D eigenvalue weighted by atomic mass is 10.1. The van der Waals surface area contributed by atoms with E-state index in [1.165, 1.54) is 0 Å². The van der Waals surface area contributed by atoms with Gasteiger partial charge >= 0.3 is 0 Å². The van der Waals surface area contributed by atoms with Crippen molar-refractivity contribution >= 4 is 5.91 Å². The van der Waals surface area contributed by atoms with Gasteiger partial charge in [-0.1, -0.05) is 18.2 Å². The van der Waals surface area contributed by atoms with Crippen LogP contribution in [0.4, 0.5) is 0 Å². The predicted molar refractivity (Wildman–Crippen MR) is 70.1 cm³/mol. The van der Waals surface area contributed by atoms with Gasteiger partial charge in [-0.05, 0) is 6.07 Å². The van der Waals surface area contributed by atoms with E-state index in [-0.39, 0.29) is 18.6 Å². The summed E-state index contributed by atoms with van der Waals surface area (Å²) in [5.74, 6) is 0.758. The number of nitrogens with zero attached hydrogens (tertiary/aromatic N) is 1. The largest absolute Gasteiger partial charge is 0.496 e. The van der Waals surface area contributed by atoms with Gasteiger partial charge in [0.05, 0.1) is 32.8 Å². The minimum absolute atomic E-state index is 0.0336. The molecule has 5 heteroatoms. The smallest absolute Gasteiger partial charge is 0.227 e. The average molecular weight is 265 g/mol. The first-order valence-corrected chi connectivity index (χ1v) is 6.36. The zero-order valence-corrected chi connectivity index (χ0v) is 11.0. The van der Waals surface area contributed by atoms with Crippen LogP contribution < -0.4 is 4.74 Å². The van der Waals surface area contributed by atoms with Gasteiger partial charge in [-0.2, -0.15) is 0 Å². The SMILES string of the molecule is COc1ccccc1CC(=O)N1CCOC(CO)C1. The first-order valence-electron chi connectivity index (χ1n) is 6.36. The van der Waals surface area contributed by atoms with Crippen LogP contribution in [0.2, 0.25) is 0 Å². The number of aliphatic hydroxyl groups is 1. The van der Waals surface area contributed by atoms with Crippen LogP contribution in [0.15, 0.2) is 24.3 Å². The molecule has 1 unspecified atom stereocenters. The number of para-hydroxylation sites is 1. The summed E-state index contributed by atoms with van der Waals surface area (Å²) in [5, 5.41) is 9.08. The van der Waals surface area contributed by atoms with Crippen LogP contribution in [0.1, 0.15) is 5.56 Å². The Morgan fingerprint density at radius 3 is 3.05 bits per heavy atom. The highest BCUT2D eigenvalue weighted by atomic mass is 16.5. The number of hydrogen-bond donors (Lipinski definition) is 1. The summed E-state index contributed by atoms with van der Waals surface area (Å²) < 4.78 is 10.6. The molecule has 2 rings (SSSR count). The molecule has 1 amide bonds. The number of ether oxygens (including phenoxy) is 2. The maximum atomic E-state index is 12.2. The van der Waals surface area contributed by atoms with Gasteiger partial charge in [-0.25, -0.2) is 0 Å². The molecule has 19 heavy (non-hydrogen) atoms. The number of aliphatic hydroxyl groups excluding tert-OH is 1. The number of benzene rings is 1. The molecular weight excluding hydrogens is 246 g/mol. The molecule has 1 N–H and O–H groups in total. The van der Waals surface area contributed by atoms with Crippen molar-refractivity contribution in [2.45, 2.75) is 12.5 Å². The van der Waals surface area contributed by atoms with Crippen LogP contribution in [0, 0.1) is 0 Å². The third-order valence-electron chi connectivity index (χ3n) is 3.23. The van der Waals surface area contributed by atoms with Crippen LogP contribution >= 0.6 is 0 Å². The highest BCUT2D eigenvalue weighted by Crippen LogP contribution is 2.19. The summed E-state index contributed by atoms with van der Waals surface area (Å²) in [5.41, 5.74) is 0.877. The molecule has 1 fully saturated rings. The van der Waals surface area contributed by atoms with Crippen molar-refractivity contribution in [1.29, 1.82) is 0 Å². The normalized spacial score (nSPS) is 19.3. The zero-order valence-electron chi connectivity index (χ0n) is 11.0. The zero-order chi connectivity index (χ0) is 13.7. The molecule has 0 aromatic heterocycles. The summed E-state index contributed by atoms with van der Waals surface area (Å²) in [6.07, 6.45) is 0.0395. The molecule has 1 aromatic rings. The minimum Gasteiger partial charge on any atom is -0.496 e. The number of methoxy groups -OCH3 is 1. The second kappa shape index (κ2) is 6.54. The molecule has 1 heterocycles. The second-order valence-corrected chi connectivity index (χ2v) is 4.50. The van der Waals surface area contributed by atoms with Crippen molar-refractivity contribution in [2.75, 3.05) is 33.4 Å². The highest BCUT2D eigenvalue weighted by Gasteiger charge is 2.24. The van der Waals surface area contributed by atoms with E-state index in [1.807, 2.05) is 24.3 Å². The van der Waals surface area contributed by atoms with Crippen molar-refractivity contribution in [1.82, 2.24) is 4.90 Å². The van der Waals surface area contributed by atoms with E-state index in [0.717, 1.165) is 11.3 Å². The van der Waals surface area contributed by atoms with Crippen molar-refractivity contribution in [3.8, 4) is 5.75 Å². The Balaban J connectivity index is 2.00. The number of carbonyl (C=O) groups is 1. The van der Waals surface area contributed by atoms with E-state index < -0.39 is 0 Å². The van der Waals surface area contributed by atoms with E-state index >= 15 is 0 Å². The Kier molecular flexibility index (Phi) is 4.76. The highest BCUT2D eigenvalue weighted by molar-refractivity contribution is 5.79. The quantitative estimate of drug-likeness (QED) is 0.859. The van der Waals surface area contributed by atoms with Crippen LogP contribution in [0.25, 0.3) is 0 Å². The van der Waals surface area contributed by atoms with Gasteiger partial charge < -0.3 is 19.5 Å². The molecular formula is C14H19NO4. The minimum atomic E-state index is -0.268. The topological polar surface area (TPSA) is 59.0 Å². The Labute approximate surface area is 112 Å². The number of rotatable bonds is 4. The van der Waals surface area contributed by atoms with E-state index in [2.05, 4.69) is 0 Å². The third kappa shape index (κ3) is 3.45. The maximum Gasteiger partial charge on any atom is 0.227 e. The molecule has 1 atom stereocenters. The van der Waals surface area contributed by atoms with E-state index in [4.69, 9.17) is 14.6 Å². The number of hydrogen-bond acceptors (Lipinski definition) is 4. The fourth-order valence-corrected chi connectivity index (χ4v) is 2.18. The lowest BCUT2D eigenvalue weighted by Gasteiger charge is -2.32. The fraction of sp³-hybridized carbons (Fsp3) is 0.500. The Hall–Kier alpha value is -1.59. The van der Waals surface area contributed by atoms with Crippen molar-refractivity contribution < 1.29 is 19.4 Å². The molecule has 0 bridgehead atoms. The molecule has 5 nitrogen and oxygen atoms in total. The Morgan fingerprint density at radius 2 is 2.32 bits per heavy atom. The van der Waals surface area contributed by atoms with Gasteiger partial charge in [-0.3, -0.25) is 4.79 Å². The van der Waals surface area contributed by atoms with E-state index in [9.17, 15) is 4.79 Å². The summed E-state index contributed by atoms with van der Waals surface area (Å²) in [6, 6.07) is 7.50. The van der Waals surface area contributed by atoms with E-state index in [0.29, 0.717) is 26.1 Å². The first-order chi connectivity index (χ1) is 9.24. The van der Waals surface area contributed by atoms with Crippen LogP contribution in [-0.4, -0.2) is 55.4 Å². The Bertz CT molecular complexity index is 435. The van der Waals surface area contributed by atoms with Gasteiger partial charge in [0.15, 0.2) is 0 Å². The molecule has 104 valence electrons. The number of carbonyl (C=O) groups excluding carboxylic acids is 1. The molecule has 0 saturated carbocycles. The van der Waals surface area contributed by atoms with Gasteiger partial charge in [0, 0.05) is 18.7 Å². The van der Waals surface area contributed by atoms with Gasteiger partial charge in [0.25, 0.3) is 0 Å². The van der Waals surface area contributed by atoms with Crippen LogP contribution in [-0.2, 0) is 16.0 Å². The number of amides is 1. The monoisotopic (exact) mass is 265 g/mol. The summed E-state index contributed by atoms with van der Waals surface area (Å²) >= 11 is 0. The molecule has 1 aliphatic heterocycles. The molecule has 1 aliphatic rings. The lowest BCUT2D eigenvalue weighted by molar-refractivity contribution is -0.139. The second-order valence-electron chi connectivity index (χ2n) is 4.50. The van der Waals surface area contributed by atoms with Crippen molar-refractivity contribution in [3.05, 3.63) is 29.8 Å². The lowest BCUT2D eigenvalue weighted by Crippen LogP contribution is -2.47. The average Bonchev–Trinajstić information content (AvgIpc) is 2.47. The molecule has 0 radical (unpaired) electrons. The molecule has 0 spiro atoms. The van der Waals surface area contributed by atoms with Gasteiger partial charge in [0.1, 0.15) is 5.75 Å². The molecule has 0 aliphatic carbocycles. The summed E-state index contributed by atoms with van der Waals surface area (Å²) in [6.45, 7) is 1.44. The van der Waals surface area contributed by atoms with Crippen LogP contribution in [0.3, 0.4) is 0 Å². The maximum absolute atomic E-state index is 12.2. The number of morpholine rings is 1. The standard InChI is InChI=1S/C14H19NO4/c1-18-13-5-3-2-4-11(13)8-14(17)15-6-7-19-12(9-15)10-16/h2-5,12,16H,6-10H2,1H3. The predicted octanol–water partition coefficient (Wildman–Crippen LogP) is 0.457. The van der Waals surface area contributed by atoms with Gasteiger partial charge in [0.2, 0.25) is 5.91 Å². The summed E-state index contributed by atoms with van der Waals surface area (Å²) in [4.78, 5) is 14.0. The van der Waals surface area contributed by atoms with Crippen LogP contribution in [0.5, 0.6) is 5.75 Å². The van der Waals surface area contributed by atoms with Crippen molar-refractivity contribution in [2.24, 2.45) is 0 Å². The molecule has 1 aromatic carbocycles. The first kappa shape index (κ1) is 13.8. The van der Waals surface area contributed by atoms with E-state index in [1.54, 1.807) is 12.0 Å². The van der Waals surface area contributed by atoms with Crippen molar-refractivity contribution in [3.63, 3.8) is 0 Å². The third-order valence-corrected chi connectivity index (χ3v) is 3.23. The molecule has 1 saturated heterocycles. The van der Waals surface area contributed by atoms with Gasteiger partial charge in [-0.15, -0.1) is 0 Å².